The van der Waals surface area contributed by atoms with Gasteiger partial charge < -0.3 is 19.4 Å². The average Bonchev–Trinajstić information content (AvgIpc) is 2.84. The molecule has 0 bridgehead atoms. The van der Waals surface area contributed by atoms with Gasteiger partial charge in [-0.2, -0.15) is 0 Å². The van der Waals surface area contributed by atoms with Crippen LogP contribution < -0.4 is 44.1 Å². The minimum absolute atomic E-state index is 0. The van der Waals surface area contributed by atoms with E-state index in [4.69, 9.17) is 21.1 Å². The molecular weight excluding hydrogens is 475 g/mol. The Morgan fingerprint density at radius 3 is 2.49 bits per heavy atom. The van der Waals surface area contributed by atoms with Gasteiger partial charge in [0.2, 0.25) is 0 Å². The number of carboxylic acid groups (broad SMARTS) is 1. The van der Waals surface area contributed by atoms with Gasteiger partial charge in [0, 0.05) is 35.5 Å². The topological polar surface area (TPSA) is 75.7 Å². The number of carbonyl (C=O) groups is 2. The van der Waals surface area contributed by atoms with E-state index in [2.05, 4.69) is 19.1 Å². The van der Waals surface area contributed by atoms with E-state index < -0.39 is 11.9 Å². The molecule has 1 aliphatic rings. The van der Waals surface area contributed by atoms with Gasteiger partial charge in [-0.25, -0.2) is 0 Å². The molecule has 0 fully saturated rings. The van der Waals surface area contributed by atoms with Gasteiger partial charge in [-0.3, -0.25) is 4.79 Å². The fraction of sp³-hybridized carbons (Fsp3) is 0.286. The molecule has 35 heavy (non-hydrogen) atoms. The van der Waals surface area contributed by atoms with E-state index in [1.807, 2.05) is 12.1 Å². The molecule has 0 saturated heterocycles. The Hall–Kier alpha value is -2.31. The quantitative estimate of drug-likeness (QED) is 0.333. The Balaban J connectivity index is 0.00000342. The predicted molar refractivity (Wildman–Crippen MR) is 129 cm³/mol. The van der Waals surface area contributed by atoms with Gasteiger partial charge >= 0.3 is 29.6 Å². The molecule has 1 atom stereocenters. The van der Waals surface area contributed by atoms with E-state index in [1.54, 1.807) is 36.4 Å². The van der Waals surface area contributed by atoms with Crippen LogP contribution in [-0.4, -0.2) is 18.4 Å². The van der Waals surface area contributed by atoms with E-state index in [0.29, 0.717) is 41.2 Å². The fourth-order valence-corrected chi connectivity index (χ4v) is 4.49. The SMILES string of the molecule is CCc1ccccc1CCCC(=O)c1ccc(Oc2cc3c(cc2Cl)C(C(=O)[O-])CCO3)cc1.[Na+]. The summed E-state index contributed by atoms with van der Waals surface area (Å²) in [5.74, 6) is -0.513. The number of ketones is 1. The number of aryl methyl sites for hydroxylation is 2. The van der Waals surface area contributed by atoms with Gasteiger partial charge in [0.15, 0.2) is 5.78 Å². The number of hydrogen-bond acceptors (Lipinski definition) is 5. The molecule has 0 amide bonds. The summed E-state index contributed by atoms with van der Waals surface area (Å²) in [5, 5.41) is 11.7. The number of carboxylic acids is 1. The maximum atomic E-state index is 12.6. The van der Waals surface area contributed by atoms with E-state index in [1.165, 1.54) is 11.1 Å². The van der Waals surface area contributed by atoms with Gasteiger partial charge in [-0.15, -0.1) is 0 Å². The molecule has 7 heteroatoms. The second-order valence-corrected chi connectivity index (χ2v) is 8.76. The molecule has 0 aliphatic carbocycles. The number of Topliss-reactive ketones (excluding diaryl/α,β-unsaturated/α-hetero) is 1. The van der Waals surface area contributed by atoms with E-state index in [9.17, 15) is 14.7 Å². The average molecular weight is 501 g/mol. The van der Waals surface area contributed by atoms with Crippen molar-refractivity contribution in [2.75, 3.05) is 6.61 Å². The Morgan fingerprint density at radius 2 is 1.80 bits per heavy atom. The Labute approximate surface area is 232 Å². The second kappa shape index (κ2) is 12.6. The largest absolute Gasteiger partial charge is 1.00 e. The van der Waals surface area contributed by atoms with Crippen molar-refractivity contribution in [1.82, 2.24) is 0 Å². The summed E-state index contributed by atoms with van der Waals surface area (Å²) in [4.78, 5) is 24.0. The molecule has 3 aromatic carbocycles. The Kier molecular flexibility index (Phi) is 9.81. The van der Waals surface area contributed by atoms with Crippen LogP contribution in [0.1, 0.15) is 59.2 Å². The first-order chi connectivity index (χ1) is 16.5. The Morgan fingerprint density at radius 1 is 1.09 bits per heavy atom. The maximum Gasteiger partial charge on any atom is 1.00 e. The number of ether oxygens (including phenoxy) is 2. The number of carbonyl (C=O) groups excluding carboxylic acids is 2. The molecule has 3 aromatic rings. The normalized spacial score (nSPS) is 14.3. The number of hydrogen-bond donors (Lipinski definition) is 0. The first kappa shape index (κ1) is 27.3. The van der Waals surface area contributed by atoms with Gasteiger partial charge in [-0.1, -0.05) is 42.8 Å². The van der Waals surface area contributed by atoms with Crippen LogP contribution in [0, 0.1) is 0 Å². The van der Waals surface area contributed by atoms with Crippen molar-refractivity contribution in [3.63, 3.8) is 0 Å². The molecular formula is C28H26ClNaO5. The summed E-state index contributed by atoms with van der Waals surface area (Å²) >= 11 is 6.34. The third kappa shape index (κ3) is 6.68. The minimum Gasteiger partial charge on any atom is -0.549 e. The fourth-order valence-electron chi connectivity index (χ4n) is 4.28. The predicted octanol–water partition coefficient (Wildman–Crippen LogP) is 2.52. The van der Waals surface area contributed by atoms with Crippen molar-refractivity contribution in [3.8, 4) is 17.2 Å². The number of aliphatic carboxylic acids is 1. The molecule has 0 saturated carbocycles. The summed E-state index contributed by atoms with van der Waals surface area (Å²) in [7, 11) is 0. The molecule has 4 rings (SSSR count). The molecule has 5 nitrogen and oxygen atoms in total. The van der Waals surface area contributed by atoms with Crippen molar-refractivity contribution in [1.29, 1.82) is 0 Å². The van der Waals surface area contributed by atoms with Crippen molar-refractivity contribution >= 4 is 23.4 Å². The third-order valence-corrected chi connectivity index (χ3v) is 6.44. The zero-order valence-corrected chi connectivity index (χ0v) is 22.8. The van der Waals surface area contributed by atoms with E-state index in [-0.39, 0.29) is 47.0 Å². The van der Waals surface area contributed by atoms with E-state index >= 15 is 0 Å². The zero-order valence-electron chi connectivity index (χ0n) is 20.0. The third-order valence-electron chi connectivity index (χ3n) is 6.14. The number of benzene rings is 3. The summed E-state index contributed by atoms with van der Waals surface area (Å²) in [6.45, 7) is 2.43. The van der Waals surface area contributed by atoms with Gasteiger partial charge in [0.1, 0.15) is 17.2 Å². The molecule has 0 aromatic heterocycles. The van der Waals surface area contributed by atoms with Crippen LogP contribution in [0.4, 0.5) is 0 Å². The molecule has 0 radical (unpaired) electrons. The molecule has 176 valence electrons. The first-order valence-corrected chi connectivity index (χ1v) is 11.9. The first-order valence-electron chi connectivity index (χ1n) is 11.5. The molecule has 1 heterocycles. The van der Waals surface area contributed by atoms with Crippen LogP contribution >= 0.6 is 11.6 Å². The number of fused-ring (bicyclic) bond motifs is 1. The van der Waals surface area contributed by atoms with Crippen LogP contribution in [0.25, 0.3) is 0 Å². The maximum absolute atomic E-state index is 12.6. The second-order valence-electron chi connectivity index (χ2n) is 8.35. The molecule has 0 spiro atoms. The van der Waals surface area contributed by atoms with Crippen molar-refractivity contribution < 1.29 is 53.7 Å². The van der Waals surface area contributed by atoms with Crippen molar-refractivity contribution in [2.24, 2.45) is 0 Å². The van der Waals surface area contributed by atoms with Crippen molar-refractivity contribution in [3.05, 3.63) is 87.9 Å². The van der Waals surface area contributed by atoms with Crippen LogP contribution in [0.3, 0.4) is 0 Å². The standard InChI is InChI=1S/C28H27ClO5.Na/c1-2-18-6-3-4-7-19(18)8-5-9-25(30)20-10-12-21(13-11-20)34-27-17-26-23(16-24(27)29)22(28(31)32)14-15-33-26;/h3-4,6-7,10-13,16-17,22H,2,5,8-9,14-15H2,1H3,(H,31,32);/q;+1/p-1. The molecule has 1 aliphatic heterocycles. The van der Waals surface area contributed by atoms with Crippen LogP contribution in [0.2, 0.25) is 5.02 Å². The van der Waals surface area contributed by atoms with Crippen LogP contribution in [0.5, 0.6) is 17.2 Å². The molecule has 0 N–H and O–H groups in total. The summed E-state index contributed by atoms with van der Waals surface area (Å²) in [5.41, 5.74) is 3.76. The summed E-state index contributed by atoms with van der Waals surface area (Å²) in [6.07, 6.45) is 3.49. The van der Waals surface area contributed by atoms with Gasteiger partial charge in [0.25, 0.3) is 0 Å². The monoisotopic (exact) mass is 500 g/mol. The van der Waals surface area contributed by atoms with Crippen molar-refractivity contribution in [2.45, 2.75) is 44.9 Å². The van der Waals surface area contributed by atoms with Gasteiger partial charge in [-0.05, 0) is 67.1 Å². The van der Waals surface area contributed by atoms with E-state index in [0.717, 1.165) is 19.3 Å². The smallest absolute Gasteiger partial charge is 0.549 e. The van der Waals surface area contributed by atoms with Crippen LogP contribution in [-0.2, 0) is 17.6 Å². The molecule has 1 unspecified atom stereocenters. The number of halogens is 1. The van der Waals surface area contributed by atoms with Gasteiger partial charge in [0.05, 0.1) is 11.6 Å². The zero-order chi connectivity index (χ0) is 24.1. The number of rotatable bonds is 9. The summed E-state index contributed by atoms with van der Waals surface area (Å²) < 4.78 is 11.5. The summed E-state index contributed by atoms with van der Waals surface area (Å²) in [6, 6.07) is 18.4. The van der Waals surface area contributed by atoms with Crippen LogP contribution in [0.15, 0.2) is 60.7 Å². The minimum atomic E-state index is -1.15. The Bertz CT molecular complexity index is 1190.